The average molecular weight is 1030 g/mol. The molecule has 0 aromatic rings. The number of nitrogens with one attached hydrogen (secondary N) is 5. The van der Waals surface area contributed by atoms with Gasteiger partial charge in [-0.15, -0.1) is 0 Å². The zero-order valence-electron chi connectivity index (χ0n) is 42.2. The molecule has 5 N–H and O–H groups in total. The van der Waals surface area contributed by atoms with Gasteiger partial charge in [-0.1, -0.05) is 39.8 Å². The Hall–Kier alpha value is -7.60. The Morgan fingerprint density at radius 2 is 0.556 bits per heavy atom. The minimum Gasteiger partial charge on any atom is -0.460 e. The number of ether oxygens (including phenoxy) is 10. The largest absolute Gasteiger partial charge is 0.460 e. The third-order valence-electron chi connectivity index (χ3n) is 8.80. The molecule has 0 fully saturated rings. The van der Waals surface area contributed by atoms with E-state index in [0.29, 0.717) is 0 Å². The number of hydrogen-bond acceptors (Lipinski definition) is 20. The molecule has 5 amide bonds. The number of esters is 5. The van der Waals surface area contributed by atoms with Crippen molar-refractivity contribution in [2.75, 3.05) is 65.8 Å². The molecule has 0 rings (SSSR count). The van der Waals surface area contributed by atoms with Crippen LogP contribution in [0.25, 0.3) is 0 Å². The summed E-state index contributed by atoms with van der Waals surface area (Å²) in [4.78, 5) is 124. The summed E-state index contributed by atoms with van der Waals surface area (Å²) in [5.74, 6) is -3.46. The van der Waals surface area contributed by atoms with Crippen LogP contribution >= 0.6 is 0 Å². The van der Waals surface area contributed by atoms with Crippen LogP contribution in [0.1, 0.15) is 80.6 Å². The van der Waals surface area contributed by atoms with Crippen molar-refractivity contribution in [2.24, 2.45) is 0 Å². The van der Waals surface area contributed by atoms with Gasteiger partial charge in [-0.05, 0) is 48.0 Å². The van der Waals surface area contributed by atoms with Crippen LogP contribution in [-0.2, 0) is 71.3 Å². The lowest BCUT2D eigenvalue weighted by Crippen LogP contribution is -2.41. The molecule has 0 aliphatic heterocycles. The van der Waals surface area contributed by atoms with E-state index in [2.05, 4.69) is 59.5 Å². The zero-order chi connectivity index (χ0) is 54.8. The smallest absolute Gasteiger partial charge is 0.407 e. The van der Waals surface area contributed by atoms with E-state index in [-0.39, 0.29) is 126 Å². The zero-order valence-corrected chi connectivity index (χ0v) is 42.2. The van der Waals surface area contributed by atoms with Gasteiger partial charge in [0.2, 0.25) is 0 Å². The van der Waals surface area contributed by atoms with Crippen LogP contribution in [0, 0.1) is 0 Å². The van der Waals surface area contributed by atoms with Crippen LogP contribution in [0.3, 0.4) is 0 Å². The summed E-state index contributed by atoms with van der Waals surface area (Å²) in [5.41, 5.74) is 0.651. The van der Waals surface area contributed by atoms with E-state index >= 15 is 0 Å². The number of hydrogen-bond donors (Lipinski definition) is 5. The normalized spacial score (nSPS) is 12.4. The summed E-state index contributed by atoms with van der Waals surface area (Å²) in [6.07, 6.45) is -11.9. The first kappa shape index (κ1) is 64.4. The topological polar surface area (TPSA) is 323 Å². The lowest BCUT2D eigenvalue weighted by Gasteiger charge is -2.29. The number of carbonyl (C=O) groups is 10. The molecule has 25 nitrogen and oxygen atoms in total. The minimum atomic E-state index is -1.34. The molecule has 0 aliphatic carbocycles. The molecular formula is C47H71N5O20. The lowest BCUT2D eigenvalue weighted by molar-refractivity contribution is -0.139. The summed E-state index contributed by atoms with van der Waals surface area (Å²) >= 11 is 0. The highest BCUT2D eigenvalue weighted by Gasteiger charge is 2.32. The summed E-state index contributed by atoms with van der Waals surface area (Å²) < 4.78 is 53.3. The third kappa shape index (κ3) is 32.3. The number of carbonyl (C=O) groups excluding carboxylic acids is 10. The molecule has 404 valence electrons. The van der Waals surface area contributed by atoms with Gasteiger partial charge in [0.05, 0.1) is 32.7 Å². The van der Waals surface area contributed by atoms with E-state index in [1.54, 1.807) is 6.92 Å². The Balaban J connectivity index is 6.80. The Morgan fingerprint density at radius 3 is 0.792 bits per heavy atom. The second-order valence-electron chi connectivity index (χ2n) is 15.9. The predicted octanol–water partition coefficient (Wildman–Crippen LogP) is 4.05. The van der Waals surface area contributed by atoms with Crippen molar-refractivity contribution in [3.05, 3.63) is 60.8 Å². The summed E-state index contributed by atoms with van der Waals surface area (Å²) in [6.45, 7) is 25.6. The summed E-state index contributed by atoms with van der Waals surface area (Å²) in [7, 11) is 0. The van der Waals surface area contributed by atoms with Gasteiger partial charge in [0.15, 0.2) is 0 Å². The van der Waals surface area contributed by atoms with Crippen molar-refractivity contribution in [3.8, 4) is 0 Å². The molecule has 0 aliphatic rings. The van der Waals surface area contributed by atoms with E-state index in [1.807, 2.05) is 0 Å². The highest BCUT2D eigenvalue weighted by Crippen LogP contribution is 2.23. The highest BCUT2D eigenvalue weighted by molar-refractivity contribution is 5.88. The summed E-state index contributed by atoms with van der Waals surface area (Å²) in [6, 6.07) is 0. The predicted molar refractivity (Wildman–Crippen MR) is 255 cm³/mol. The highest BCUT2D eigenvalue weighted by atomic mass is 16.6. The van der Waals surface area contributed by atoms with Gasteiger partial charge in [-0.2, -0.15) is 0 Å². The van der Waals surface area contributed by atoms with Crippen molar-refractivity contribution in [1.82, 2.24) is 26.6 Å². The Kier molecular flexibility index (Phi) is 32.5. The second-order valence-corrected chi connectivity index (χ2v) is 15.9. The van der Waals surface area contributed by atoms with Crippen LogP contribution in [0.15, 0.2) is 60.8 Å². The fourth-order valence-electron chi connectivity index (χ4n) is 5.27. The van der Waals surface area contributed by atoms with Crippen LogP contribution in [0.2, 0.25) is 0 Å². The summed E-state index contributed by atoms with van der Waals surface area (Å²) in [5, 5.41) is 12.1. The van der Waals surface area contributed by atoms with Crippen LogP contribution in [0.5, 0.6) is 0 Å². The van der Waals surface area contributed by atoms with Crippen molar-refractivity contribution >= 4 is 60.3 Å². The van der Waals surface area contributed by atoms with E-state index < -0.39 is 90.8 Å². The molecule has 0 radical (unpaired) electrons. The third-order valence-corrected chi connectivity index (χ3v) is 8.80. The molecule has 0 bridgehead atoms. The molecule has 0 aromatic heterocycles. The minimum absolute atomic E-state index is 0.110. The lowest BCUT2D eigenvalue weighted by atomic mass is 9.98. The molecular weight excluding hydrogens is 955 g/mol. The number of amides is 5. The number of alkyl carbamates (subject to hydrolysis) is 5. The van der Waals surface area contributed by atoms with Crippen molar-refractivity contribution < 1.29 is 95.3 Å². The molecule has 0 spiro atoms. The molecule has 5 unspecified atom stereocenters. The Morgan fingerprint density at radius 1 is 0.347 bits per heavy atom. The van der Waals surface area contributed by atoms with E-state index in [4.69, 9.17) is 47.4 Å². The monoisotopic (exact) mass is 1030 g/mol. The van der Waals surface area contributed by atoms with Crippen LogP contribution in [-0.4, -0.2) is 157 Å². The van der Waals surface area contributed by atoms with Gasteiger partial charge >= 0.3 is 60.3 Å². The maximum atomic E-state index is 13.3. The molecule has 72 heavy (non-hydrogen) atoms. The maximum Gasteiger partial charge on any atom is 0.407 e. The van der Waals surface area contributed by atoms with Gasteiger partial charge in [0, 0.05) is 53.5 Å². The van der Waals surface area contributed by atoms with E-state index in [0.717, 1.165) is 0 Å². The Labute approximate surface area is 419 Å². The molecule has 0 saturated carbocycles. The fraction of sp³-hybridized carbons (Fsp3) is 0.574. The quantitative estimate of drug-likeness (QED) is 0.0263. The molecule has 0 aromatic carbocycles. The first-order valence-corrected chi connectivity index (χ1v) is 22.7. The maximum absolute atomic E-state index is 13.3. The van der Waals surface area contributed by atoms with Crippen LogP contribution < -0.4 is 26.6 Å². The fourth-order valence-corrected chi connectivity index (χ4v) is 5.27. The van der Waals surface area contributed by atoms with E-state index in [1.165, 1.54) is 41.5 Å². The first-order valence-electron chi connectivity index (χ1n) is 22.7. The van der Waals surface area contributed by atoms with Gasteiger partial charge in [0.25, 0.3) is 0 Å². The van der Waals surface area contributed by atoms with Gasteiger partial charge in [0.1, 0.15) is 63.6 Å². The molecule has 0 heterocycles. The standard InChI is InChI=1S/C47H71N5O20/c1-13-34(69-44(59)49-15-20-64-39(54)29(4)5)25-36(71-46(61)51-17-22-66-41(56)31(8)9)27-37(72-47(62)52-18-23-67-42(57)32(10)11)26-35(70-45(60)50-16-21-65-40(55)30(6)7)24-33(12)68-43(58)48-14-19-63-38(53)28(2)3/h33-37H,2,4,6,8,10,13-27H2,1,3,5,7,9,11-12H3,(H,48,58)(H,49,59)(H,50,60)(H,51,61)(H,52,62). The van der Waals surface area contributed by atoms with E-state index in [9.17, 15) is 47.9 Å². The van der Waals surface area contributed by atoms with Gasteiger partial charge in [-0.3, -0.25) is 0 Å². The van der Waals surface area contributed by atoms with Crippen molar-refractivity contribution in [2.45, 2.75) is 111 Å². The van der Waals surface area contributed by atoms with Crippen molar-refractivity contribution in [1.29, 1.82) is 0 Å². The molecule has 5 atom stereocenters. The Bertz CT molecular complexity index is 1940. The first-order chi connectivity index (χ1) is 33.8. The van der Waals surface area contributed by atoms with Gasteiger partial charge in [-0.25, -0.2) is 47.9 Å². The SMILES string of the molecule is C=C(C)C(=O)OCCNC(=O)OC(C)CC(CC(CC(CC(CC)OC(=O)NCCOC(=O)C(=C)C)OC(=O)NCCOC(=O)C(=C)C)OC(=O)NCCOC(=O)C(=C)C)OC(=O)NCCOC(=O)C(=C)C. The van der Waals surface area contributed by atoms with Gasteiger partial charge < -0.3 is 74.0 Å². The van der Waals surface area contributed by atoms with Crippen molar-refractivity contribution in [3.63, 3.8) is 0 Å². The molecule has 25 heteroatoms. The number of rotatable bonds is 34. The molecule has 0 saturated heterocycles. The second kappa shape index (κ2) is 36.4. The van der Waals surface area contributed by atoms with Crippen LogP contribution in [0.4, 0.5) is 24.0 Å². The average Bonchev–Trinajstić information content (AvgIpc) is 3.29.